The van der Waals surface area contributed by atoms with E-state index in [1.165, 1.54) is 10.6 Å². The lowest BCUT2D eigenvalue weighted by Gasteiger charge is -2.19. The van der Waals surface area contributed by atoms with Gasteiger partial charge in [0.05, 0.1) is 11.9 Å². The van der Waals surface area contributed by atoms with Crippen molar-refractivity contribution < 1.29 is 8.42 Å². The third kappa shape index (κ3) is 2.85. The Morgan fingerprint density at radius 1 is 1.22 bits per heavy atom. The van der Waals surface area contributed by atoms with Crippen LogP contribution in [-0.4, -0.2) is 31.5 Å². The van der Waals surface area contributed by atoms with Crippen molar-refractivity contribution in [3.63, 3.8) is 0 Å². The Balaban J connectivity index is 0.000000771. The molecule has 0 saturated carbocycles. The number of anilines is 1. The smallest absolute Gasteiger partial charge is 0.233 e. The van der Waals surface area contributed by atoms with Gasteiger partial charge in [0, 0.05) is 19.7 Å². The van der Waals surface area contributed by atoms with Crippen LogP contribution in [0.2, 0.25) is 0 Å². The molecule has 104 valence electrons. The molecular weight excluding hydrogens is 250 g/mol. The maximum Gasteiger partial charge on any atom is 0.233 e. The molecule has 0 N–H and O–H groups in total. The zero-order valence-electron chi connectivity index (χ0n) is 11.9. The molecule has 0 fully saturated rings. The Bertz CT molecular complexity index is 506. The molecule has 0 bridgehead atoms. The van der Waals surface area contributed by atoms with Gasteiger partial charge in [-0.3, -0.25) is 8.99 Å². The quantitative estimate of drug-likeness (QED) is 0.824. The van der Waals surface area contributed by atoms with Gasteiger partial charge in [-0.2, -0.15) is 5.10 Å². The summed E-state index contributed by atoms with van der Waals surface area (Å²) >= 11 is 0. The number of fused-ring (bicyclic) bond motifs is 1. The second-order valence-corrected chi connectivity index (χ2v) is 6.32. The molecule has 0 aliphatic heterocycles. The number of rotatable bonds is 2. The first-order valence-corrected chi connectivity index (χ1v) is 8.24. The molecule has 0 atom stereocenters. The highest BCUT2D eigenvalue weighted by Crippen LogP contribution is 2.30. The molecule has 0 unspecified atom stereocenters. The van der Waals surface area contributed by atoms with Crippen LogP contribution in [-0.2, 0) is 29.9 Å². The lowest BCUT2D eigenvalue weighted by atomic mass is 9.97. The van der Waals surface area contributed by atoms with Gasteiger partial charge in [0.2, 0.25) is 10.0 Å². The van der Waals surface area contributed by atoms with E-state index in [9.17, 15) is 8.42 Å². The van der Waals surface area contributed by atoms with Crippen molar-refractivity contribution in [3.8, 4) is 0 Å². The minimum absolute atomic E-state index is 0.720. The first kappa shape index (κ1) is 15.0. The minimum atomic E-state index is -3.21. The van der Waals surface area contributed by atoms with Gasteiger partial charge in [-0.15, -0.1) is 0 Å². The third-order valence-electron chi connectivity index (χ3n) is 3.08. The monoisotopic (exact) mass is 273 g/mol. The lowest BCUT2D eigenvalue weighted by molar-refractivity contribution is 0.598. The van der Waals surface area contributed by atoms with Crippen molar-refractivity contribution in [2.45, 2.75) is 39.5 Å². The summed E-state index contributed by atoms with van der Waals surface area (Å²) in [4.78, 5) is 0. The second-order valence-electron chi connectivity index (χ2n) is 4.31. The summed E-state index contributed by atoms with van der Waals surface area (Å²) < 4.78 is 26.1. The Labute approximate surface area is 110 Å². The molecule has 5 nitrogen and oxygen atoms in total. The lowest BCUT2D eigenvalue weighted by Crippen LogP contribution is -2.28. The van der Waals surface area contributed by atoms with Crippen LogP contribution in [0.4, 0.5) is 5.82 Å². The first-order valence-electron chi connectivity index (χ1n) is 6.40. The van der Waals surface area contributed by atoms with E-state index in [1.807, 2.05) is 13.8 Å². The molecule has 0 saturated heterocycles. The van der Waals surface area contributed by atoms with Crippen molar-refractivity contribution >= 4 is 15.8 Å². The van der Waals surface area contributed by atoms with E-state index in [-0.39, 0.29) is 0 Å². The van der Waals surface area contributed by atoms with Gasteiger partial charge in [0.15, 0.2) is 0 Å². The van der Waals surface area contributed by atoms with Crippen LogP contribution in [0.5, 0.6) is 0 Å². The summed E-state index contributed by atoms with van der Waals surface area (Å²) in [5, 5.41) is 4.40. The average Bonchev–Trinajstić information content (AvgIpc) is 2.65. The molecule has 18 heavy (non-hydrogen) atoms. The maximum atomic E-state index is 11.6. The van der Waals surface area contributed by atoms with Crippen molar-refractivity contribution in [3.05, 3.63) is 11.3 Å². The Morgan fingerprint density at radius 3 is 2.33 bits per heavy atom. The van der Waals surface area contributed by atoms with Crippen LogP contribution in [0.25, 0.3) is 0 Å². The summed E-state index contributed by atoms with van der Waals surface area (Å²) in [6.07, 6.45) is 5.36. The van der Waals surface area contributed by atoms with Crippen LogP contribution >= 0.6 is 0 Å². The van der Waals surface area contributed by atoms with Gasteiger partial charge in [0.25, 0.3) is 0 Å². The van der Waals surface area contributed by atoms with Crippen LogP contribution in [0.3, 0.4) is 0 Å². The Morgan fingerprint density at radius 2 is 1.78 bits per heavy atom. The molecule has 0 amide bonds. The predicted molar refractivity (Wildman–Crippen MR) is 74.4 cm³/mol. The van der Waals surface area contributed by atoms with E-state index in [1.54, 1.807) is 18.8 Å². The number of hydrogen-bond acceptors (Lipinski definition) is 3. The molecule has 1 aliphatic rings. The normalized spacial score (nSPS) is 14.5. The summed E-state index contributed by atoms with van der Waals surface area (Å²) in [5.41, 5.74) is 2.15. The topological polar surface area (TPSA) is 55.2 Å². The molecule has 6 heteroatoms. The van der Waals surface area contributed by atoms with Gasteiger partial charge >= 0.3 is 0 Å². The minimum Gasteiger partial charge on any atom is -0.257 e. The van der Waals surface area contributed by atoms with E-state index in [0.29, 0.717) is 0 Å². The van der Waals surface area contributed by atoms with Crippen molar-refractivity contribution in [2.24, 2.45) is 7.05 Å². The van der Waals surface area contributed by atoms with Gasteiger partial charge < -0.3 is 0 Å². The molecule has 1 heterocycles. The summed E-state index contributed by atoms with van der Waals surface area (Å²) in [6, 6.07) is 0. The predicted octanol–water partition coefficient (Wildman–Crippen LogP) is 1.72. The molecular formula is C12H23N3O2S. The second kappa shape index (κ2) is 5.73. The van der Waals surface area contributed by atoms with E-state index in [4.69, 9.17) is 0 Å². The molecule has 1 aromatic rings. The Kier molecular flexibility index (Phi) is 4.78. The fourth-order valence-corrected chi connectivity index (χ4v) is 2.76. The molecule has 0 radical (unpaired) electrons. The molecule has 2 rings (SSSR count). The molecule has 0 aromatic carbocycles. The van der Waals surface area contributed by atoms with Crippen LogP contribution in [0.15, 0.2) is 0 Å². The summed E-state index contributed by atoms with van der Waals surface area (Å²) in [5.74, 6) is 0.720. The van der Waals surface area contributed by atoms with E-state index in [0.717, 1.165) is 42.8 Å². The van der Waals surface area contributed by atoms with E-state index < -0.39 is 10.0 Å². The van der Waals surface area contributed by atoms with Gasteiger partial charge in [-0.25, -0.2) is 8.42 Å². The van der Waals surface area contributed by atoms with Crippen LogP contribution in [0, 0.1) is 0 Å². The van der Waals surface area contributed by atoms with Crippen LogP contribution in [0.1, 0.15) is 37.9 Å². The van der Waals surface area contributed by atoms with Crippen LogP contribution < -0.4 is 4.31 Å². The molecule has 1 aliphatic carbocycles. The van der Waals surface area contributed by atoms with Gasteiger partial charge in [-0.05, 0) is 25.7 Å². The highest BCUT2D eigenvalue weighted by atomic mass is 32.2. The summed E-state index contributed by atoms with van der Waals surface area (Å²) in [6.45, 7) is 4.00. The zero-order valence-corrected chi connectivity index (χ0v) is 12.7. The molecule has 0 spiro atoms. The number of aromatic nitrogens is 2. The highest BCUT2D eigenvalue weighted by Gasteiger charge is 2.25. The SMILES string of the molecule is CC.CN(c1c2c(nn1C)CCCC2)S(C)(=O)=O. The zero-order chi connectivity index (χ0) is 13.9. The largest absolute Gasteiger partial charge is 0.257 e. The average molecular weight is 273 g/mol. The van der Waals surface area contributed by atoms with E-state index >= 15 is 0 Å². The van der Waals surface area contributed by atoms with Crippen molar-refractivity contribution in [2.75, 3.05) is 17.6 Å². The van der Waals surface area contributed by atoms with Crippen molar-refractivity contribution in [1.29, 1.82) is 0 Å². The van der Waals surface area contributed by atoms with Gasteiger partial charge in [0.1, 0.15) is 5.82 Å². The van der Waals surface area contributed by atoms with Crippen molar-refractivity contribution in [1.82, 2.24) is 9.78 Å². The fraction of sp³-hybridized carbons (Fsp3) is 0.750. The highest BCUT2D eigenvalue weighted by molar-refractivity contribution is 7.92. The number of hydrogen-bond donors (Lipinski definition) is 0. The maximum absolute atomic E-state index is 11.6. The fourth-order valence-electron chi connectivity index (χ4n) is 2.22. The number of nitrogens with zero attached hydrogens (tertiary/aromatic N) is 3. The standard InChI is InChI=1S/C10H17N3O2S.C2H6/c1-12-10(13(2)16(3,14)15)8-6-4-5-7-9(8)11-12;1-2/h4-7H2,1-3H3;1-2H3. The number of aryl methyl sites for hydroxylation is 2. The van der Waals surface area contributed by atoms with Gasteiger partial charge in [-0.1, -0.05) is 13.8 Å². The first-order chi connectivity index (χ1) is 8.41. The van der Waals surface area contributed by atoms with E-state index in [2.05, 4.69) is 5.10 Å². The summed E-state index contributed by atoms with van der Waals surface area (Å²) in [7, 11) is 0.176. The third-order valence-corrected chi connectivity index (χ3v) is 4.25. The number of sulfonamides is 1. The Hall–Kier alpha value is -1.04. The molecule has 1 aromatic heterocycles.